The number of nitrogens with zero attached hydrogens (tertiary/aromatic N) is 3. The van der Waals surface area contributed by atoms with Gasteiger partial charge in [0.2, 0.25) is 0 Å². The Hall–Kier alpha value is -1.86. The highest BCUT2D eigenvalue weighted by molar-refractivity contribution is 6.35. The van der Waals surface area contributed by atoms with Gasteiger partial charge < -0.3 is 20.1 Å². The van der Waals surface area contributed by atoms with Gasteiger partial charge in [0.05, 0.1) is 6.04 Å². The summed E-state index contributed by atoms with van der Waals surface area (Å²) in [4.78, 5) is 29.3. The van der Waals surface area contributed by atoms with E-state index in [0.717, 1.165) is 57.6 Å². The van der Waals surface area contributed by atoms with Crippen LogP contribution in [0.15, 0.2) is 18.3 Å². The number of hydrogen-bond acceptors (Lipinski definition) is 4. The molecule has 1 saturated heterocycles. The molecule has 0 radical (unpaired) electrons. The van der Waals surface area contributed by atoms with Crippen molar-refractivity contribution in [3.05, 3.63) is 24.0 Å². The van der Waals surface area contributed by atoms with Crippen molar-refractivity contribution >= 4 is 11.8 Å². The fourth-order valence-electron chi connectivity index (χ4n) is 4.14. The standard InChI is InChI=1S/C20H33N5O2/c1-23-11-13-25(14-12-23)18(17-9-6-10-24(17)2)15-21-19(26)20(27)22-16-7-4-3-5-8-16/h6,9-10,16,18H,3-5,7-8,11-15H2,1-2H3,(H,21,26)(H,22,27)/t18-/m0/s1. The van der Waals surface area contributed by atoms with Gasteiger partial charge in [-0.3, -0.25) is 14.5 Å². The molecule has 2 amide bonds. The van der Waals surface area contributed by atoms with Crippen LogP contribution in [0.25, 0.3) is 0 Å². The van der Waals surface area contributed by atoms with Gasteiger partial charge >= 0.3 is 11.8 Å². The molecule has 1 aliphatic carbocycles. The Balaban J connectivity index is 1.57. The number of amides is 2. The second kappa shape index (κ2) is 9.37. The Kier molecular flexibility index (Phi) is 6.90. The highest BCUT2D eigenvalue weighted by atomic mass is 16.2. The second-order valence-electron chi connectivity index (χ2n) is 7.92. The molecule has 1 saturated carbocycles. The summed E-state index contributed by atoms with van der Waals surface area (Å²) in [6.07, 6.45) is 7.47. The summed E-state index contributed by atoms with van der Waals surface area (Å²) >= 11 is 0. The molecule has 0 spiro atoms. The van der Waals surface area contributed by atoms with Crippen molar-refractivity contribution in [1.29, 1.82) is 0 Å². The van der Waals surface area contributed by atoms with Gasteiger partial charge in [-0.15, -0.1) is 0 Å². The van der Waals surface area contributed by atoms with E-state index in [9.17, 15) is 9.59 Å². The van der Waals surface area contributed by atoms with E-state index in [2.05, 4.69) is 38.1 Å². The van der Waals surface area contributed by atoms with Gasteiger partial charge in [-0.05, 0) is 32.0 Å². The number of rotatable bonds is 5. The van der Waals surface area contributed by atoms with E-state index < -0.39 is 11.8 Å². The van der Waals surface area contributed by atoms with Gasteiger partial charge in [0.15, 0.2) is 0 Å². The highest BCUT2D eigenvalue weighted by Gasteiger charge is 2.27. The van der Waals surface area contributed by atoms with Crippen LogP contribution in [0, 0.1) is 0 Å². The van der Waals surface area contributed by atoms with Crippen LogP contribution in [-0.4, -0.2) is 72.0 Å². The maximum atomic E-state index is 12.4. The summed E-state index contributed by atoms with van der Waals surface area (Å²) in [6.45, 7) is 4.37. The summed E-state index contributed by atoms with van der Waals surface area (Å²) in [5, 5.41) is 5.77. The van der Waals surface area contributed by atoms with Gasteiger partial charge in [-0.1, -0.05) is 19.3 Å². The van der Waals surface area contributed by atoms with Crippen LogP contribution in [-0.2, 0) is 16.6 Å². The molecule has 150 valence electrons. The summed E-state index contributed by atoms with van der Waals surface area (Å²) < 4.78 is 2.09. The van der Waals surface area contributed by atoms with Crippen LogP contribution in [0.1, 0.15) is 43.8 Å². The number of carbonyl (C=O) groups excluding carboxylic acids is 2. The first-order valence-corrected chi connectivity index (χ1v) is 10.2. The lowest BCUT2D eigenvalue weighted by Crippen LogP contribution is -2.51. The topological polar surface area (TPSA) is 69.6 Å². The van der Waals surface area contributed by atoms with Crippen molar-refractivity contribution in [2.75, 3.05) is 39.8 Å². The van der Waals surface area contributed by atoms with Crippen LogP contribution in [0.4, 0.5) is 0 Å². The Morgan fingerprint density at radius 3 is 2.41 bits per heavy atom. The van der Waals surface area contributed by atoms with Gasteiger partial charge in [-0.2, -0.15) is 0 Å². The second-order valence-corrected chi connectivity index (χ2v) is 7.92. The van der Waals surface area contributed by atoms with E-state index in [-0.39, 0.29) is 12.1 Å². The summed E-state index contributed by atoms with van der Waals surface area (Å²) in [7, 11) is 4.16. The lowest BCUT2D eigenvalue weighted by molar-refractivity contribution is -0.139. The Labute approximate surface area is 162 Å². The molecule has 1 aromatic heterocycles. The first kappa shape index (κ1) is 19.9. The minimum atomic E-state index is -0.520. The van der Waals surface area contributed by atoms with E-state index in [1.807, 2.05) is 19.3 Å². The zero-order valence-corrected chi connectivity index (χ0v) is 16.6. The van der Waals surface area contributed by atoms with Crippen LogP contribution >= 0.6 is 0 Å². The monoisotopic (exact) mass is 375 g/mol. The van der Waals surface area contributed by atoms with E-state index in [0.29, 0.717) is 6.54 Å². The van der Waals surface area contributed by atoms with Crippen LogP contribution in [0.2, 0.25) is 0 Å². The lowest BCUT2D eigenvalue weighted by Gasteiger charge is -2.38. The molecular weight excluding hydrogens is 342 g/mol. The number of carbonyl (C=O) groups is 2. The highest BCUT2D eigenvalue weighted by Crippen LogP contribution is 2.22. The molecule has 0 unspecified atom stereocenters. The zero-order chi connectivity index (χ0) is 19.2. The molecule has 1 aromatic rings. The summed E-state index contributed by atoms with van der Waals surface area (Å²) in [6, 6.07) is 4.34. The lowest BCUT2D eigenvalue weighted by atomic mass is 9.95. The molecular formula is C20H33N5O2. The molecule has 2 aliphatic rings. The predicted octanol–water partition coefficient (Wildman–Crippen LogP) is 0.879. The van der Waals surface area contributed by atoms with Gasteiger partial charge in [0, 0.05) is 57.7 Å². The van der Waals surface area contributed by atoms with Crippen LogP contribution in [0.3, 0.4) is 0 Å². The third-order valence-electron chi connectivity index (χ3n) is 5.91. The third kappa shape index (κ3) is 5.32. The predicted molar refractivity (Wildman–Crippen MR) is 105 cm³/mol. The maximum absolute atomic E-state index is 12.4. The molecule has 7 heteroatoms. The number of nitrogens with one attached hydrogen (secondary N) is 2. The van der Waals surface area contributed by atoms with E-state index >= 15 is 0 Å². The largest absolute Gasteiger partial charge is 0.353 e. The average Bonchev–Trinajstić information content (AvgIpc) is 3.09. The molecule has 1 atom stereocenters. The Morgan fingerprint density at radius 2 is 1.78 bits per heavy atom. The summed E-state index contributed by atoms with van der Waals surface area (Å²) in [5.41, 5.74) is 1.16. The van der Waals surface area contributed by atoms with Crippen molar-refractivity contribution in [1.82, 2.24) is 25.0 Å². The summed E-state index contributed by atoms with van der Waals surface area (Å²) in [5.74, 6) is -1.01. The minimum Gasteiger partial charge on any atom is -0.353 e. The molecule has 2 fully saturated rings. The molecule has 2 N–H and O–H groups in total. The quantitative estimate of drug-likeness (QED) is 0.750. The van der Waals surface area contributed by atoms with Crippen molar-refractivity contribution in [3.8, 4) is 0 Å². The van der Waals surface area contributed by atoms with Gasteiger partial charge in [-0.25, -0.2) is 0 Å². The van der Waals surface area contributed by atoms with Crippen molar-refractivity contribution in [2.24, 2.45) is 7.05 Å². The van der Waals surface area contributed by atoms with Gasteiger partial charge in [0.25, 0.3) is 0 Å². The zero-order valence-electron chi connectivity index (χ0n) is 16.6. The van der Waals surface area contributed by atoms with Crippen molar-refractivity contribution in [3.63, 3.8) is 0 Å². The Morgan fingerprint density at radius 1 is 1.07 bits per heavy atom. The van der Waals surface area contributed by atoms with E-state index in [1.54, 1.807) is 0 Å². The normalized spacial score (nSPS) is 21.0. The fraction of sp³-hybridized carbons (Fsp3) is 0.700. The average molecular weight is 376 g/mol. The maximum Gasteiger partial charge on any atom is 0.309 e. The number of aryl methyl sites for hydroxylation is 1. The fourth-order valence-corrected chi connectivity index (χ4v) is 4.14. The molecule has 27 heavy (non-hydrogen) atoms. The number of likely N-dealkylation sites (N-methyl/N-ethyl adjacent to an activating group) is 1. The Bertz CT molecular complexity index is 630. The van der Waals surface area contributed by atoms with Crippen LogP contribution < -0.4 is 10.6 Å². The smallest absolute Gasteiger partial charge is 0.309 e. The van der Waals surface area contributed by atoms with Gasteiger partial charge in [0.1, 0.15) is 0 Å². The first-order valence-electron chi connectivity index (χ1n) is 10.2. The van der Waals surface area contributed by atoms with E-state index in [1.165, 1.54) is 6.42 Å². The number of aromatic nitrogens is 1. The SMILES string of the molecule is CN1CCN([C@@H](CNC(=O)C(=O)NC2CCCCC2)c2cccn2C)CC1. The molecule has 2 heterocycles. The molecule has 3 rings (SSSR count). The van der Waals surface area contributed by atoms with E-state index in [4.69, 9.17) is 0 Å². The third-order valence-corrected chi connectivity index (χ3v) is 5.91. The molecule has 0 aromatic carbocycles. The van der Waals surface area contributed by atoms with Crippen molar-refractivity contribution < 1.29 is 9.59 Å². The number of hydrogen-bond donors (Lipinski definition) is 2. The molecule has 1 aliphatic heterocycles. The number of piperazine rings is 1. The molecule has 0 bridgehead atoms. The van der Waals surface area contributed by atoms with Crippen LogP contribution in [0.5, 0.6) is 0 Å². The molecule has 7 nitrogen and oxygen atoms in total. The first-order chi connectivity index (χ1) is 13.0. The minimum absolute atomic E-state index is 0.0742. The van der Waals surface area contributed by atoms with Crippen molar-refractivity contribution in [2.45, 2.75) is 44.2 Å².